The van der Waals surface area contributed by atoms with E-state index in [1.165, 1.54) is 9.56 Å². The van der Waals surface area contributed by atoms with Gasteiger partial charge in [0.25, 0.3) is 5.56 Å². The predicted octanol–water partition coefficient (Wildman–Crippen LogP) is 3.14. The molecule has 0 aliphatic heterocycles. The number of thiophene rings is 1. The number of benzene rings is 1. The van der Waals surface area contributed by atoms with E-state index >= 15 is 0 Å². The highest BCUT2D eigenvalue weighted by Crippen LogP contribution is 2.33. The number of hydrogen-bond donors (Lipinski definition) is 2. The van der Waals surface area contributed by atoms with Gasteiger partial charge in [0.2, 0.25) is 5.91 Å². The maximum atomic E-state index is 13.2. The van der Waals surface area contributed by atoms with E-state index < -0.39 is 0 Å². The Morgan fingerprint density at radius 2 is 2.19 bits per heavy atom. The number of amides is 1. The van der Waals surface area contributed by atoms with Gasteiger partial charge in [-0.15, -0.1) is 17.9 Å². The van der Waals surface area contributed by atoms with Crippen LogP contribution in [-0.4, -0.2) is 36.8 Å². The number of fused-ring (bicyclic) bond motifs is 4. The normalized spacial score (nSPS) is 11.5. The molecule has 4 aromatic heterocycles. The van der Waals surface area contributed by atoms with Gasteiger partial charge in [-0.1, -0.05) is 18.2 Å². The molecule has 0 saturated carbocycles. The van der Waals surface area contributed by atoms with E-state index in [1.54, 1.807) is 23.6 Å². The number of carbonyl (C=O) groups excluding carboxylic acids is 1. The minimum atomic E-state index is -0.280. The van der Waals surface area contributed by atoms with Gasteiger partial charge in [-0.2, -0.15) is 5.10 Å². The van der Waals surface area contributed by atoms with E-state index in [-0.39, 0.29) is 18.0 Å². The maximum Gasteiger partial charge on any atom is 0.291 e. The Bertz CT molecular complexity index is 1500. The highest BCUT2D eigenvalue weighted by Gasteiger charge is 2.18. The minimum Gasteiger partial charge on any atom is -0.354 e. The Morgan fingerprint density at radius 1 is 1.34 bits per heavy atom. The summed E-state index contributed by atoms with van der Waals surface area (Å²) in [5, 5.41) is 7.93. The van der Waals surface area contributed by atoms with Crippen molar-refractivity contribution >= 4 is 49.4 Å². The fourth-order valence-corrected chi connectivity index (χ4v) is 5.01. The zero-order chi connectivity index (χ0) is 22.2. The first-order valence-corrected chi connectivity index (χ1v) is 11.2. The topological polar surface area (TPSA) is 97.6 Å². The summed E-state index contributed by atoms with van der Waals surface area (Å²) in [6, 6.07) is 9.86. The molecular formula is C23H22N6O2S. The third kappa shape index (κ3) is 3.50. The summed E-state index contributed by atoms with van der Waals surface area (Å²) in [5.74, 6) is 0.537. The molecule has 0 aliphatic carbocycles. The van der Waals surface area contributed by atoms with Crippen molar-refractivity contribution in [3.8, 4) is 0 Å². The number of nitrogens with one attached hydrogen (secondary N) is 2. The number of carbonyl (C=O) groups is 1. The van der Waals surface area contributed by atoms with Crippen molar-refractivity contribution in [3.63, 3.8) is 0 Å². The van der Waals surface area contributed by atoms with Crippen molar-refractivity contribution in [3.05, 3.63) is 70.2 Å². The highest BCUT2D eigenvalue weighted by molar-refractivity contribution is 7.20. The lowest BCUT2D eigenvalue weighted by Crippen LogP contribution is -2.35. The van der Waals surface area contributed by atoms with E-state index in [4.69, 9.17) is 0 Å². The van der Waals surface area contributed by atoms with Gasteiger partial charge in [0.05, 0.1) is 27.4 Å². The summed E-state index contributed by atoms with van der Waals surface area (Å²) in [6.07, 6.45) is 4.01. The van der Waals surface area contributed by atoms with Crippen molar-refractivity contribution in [2.75, 3.05) is 6.54 Å². The van der Waals surface area contributed by atoms with Crippen LogP contribution < -0.4 is 10.9 Å². The lowest BCUT2D eigenvalue weighted by molar-refractivity contribution is -0.121. The van der Waals surface area contributed by atoms with Gasteiger partial charge < -0.3 is 14.9 Å². The number of allylic oxidation sites excluding steroid dienone is 1. The molecule has 32 heavy (non-hydrogen) atoms. The average molecular weight is 447 g/mol. The van der Waals surface area contributed by atoms with Gasteiger partial charge in [0, 0.05) is 29.8 Å². The summed E-state index contributed by atoms with van der Waals surface area (Å²) >= 11 is 1.64. The van der Waals surface area contributed by atoms with Crippen LogP contribution in [0.4, 0.5) is 0 Å². The second-order valence-electron chi connectivity index (χ2n) is 7.64. The number of rotatable bonds is 7. The molecule has 2 N–H and O–H groups in total. The number of aromatic nitrogens is 5. The number of aryl methyl sites for hydroxylation is 1. The average Bonchev–Trinajstić information content (AvgIpc) is 3.43. The monoisotopic (exact) mass is 446 g/mol. The van der Waals surface area contributed by atoms with E-state index in [2.05, 4.69) is 33.0 Å². The van der Waals surface area contributed by atoms with E-state index in [1.807, 2.05) is 35.8 Å². The van der Waals surface area contributed by atoms with Crippen molar-refractivity contribution in [2.45, 2.75) is 26.4 Å². The molecule has 0 bridgehead atoms. The summed E-state index contributed by atoms with van der Waals surface area (Å²) in [5.41, 5.74) is 3.13. The van der Waals surface area contributed by atoms with Gasteiger partial charge in [-0.25, -0.2) is 9.67 Å². The molecule has 0 aliphatic rings. The van der Waals surface area contributed by atoms with E-state index in [9.17, 15) is 9.59 Å². The number of nitrogens with zero attached hydrogens (tertiary/aromatic N) is 4. The maximum absolute atomic E-state index is 13.2. The van der Waals surface area contributed by atoms with Crippen molar-refractivity contribution < 1.29 is 4.79 Å². The van der Waals surface area contributed by atoms with Gasteiger partial charge in [-0.05, 0) is 25.1 Å². The van der Waals surface area contributed by atoms with Crippen LogP contribution in [-0.2, 0) is 24.3 Å². The van der Waals surface area contributed by atoms with Gasteiger partial charge in [0.1, 0.15) is 17.9 Å². The molecular weight excluding hydrogens is 424 g/mol. The van der Waals surface area contributed by atoms with Crippen molar-refractivity contribution in [1.29, 1.82) is 0 Å². The minimum absolute atomic E-state index is 0.138. The number of para-hydroxylation sites is 2. The Morgan fingerprint density at radius 3 is 3.00 bits per heavy atom. The summed E-state index contributed by atoms with van der Waals surface area (Å²) in [7, 11) is 0. The molecule has 1 aromatic carbocycles. The van der Waals surface area contributed by atoms with E-state index in [0.29, 0.717) is 25.0 Å². The molecule has 0 fully saturated rings. The van der Waals surface area contributed by atoms with Crippen LogP contribution in [0.5, 0.6) is 0 Å². The number of aromatic amines is 1. The third-order valence-electron chi connectivity index (χ3n) is 5.39. The Kier molecular flexibility index (Phi) is 5.10. The lowest BCUT2D eigenvalue weighted by Gasteiger charge is -2.08. The predicted molar refractivity (Wildman–Crippen MR) is 127 cm³/mol. The van der Waals surface area contributed by atoms with Crippen LogP contribution in [0.1, 0.15) is 10.7 Å². The molecule has 0 radical (unpaired) electrons. The van der Waals surface area contributed by atoms with Crippen molar-refractivity contribution in [1.82, 2.24) is 29.6 Å². The SMILES string of the molecule is C=CCn1c2cc(C)sc2c2cnn(CC(=O)NCCc3nc4ccccc4[nH]3)c(=O)c21. The first kappa shape index (κ1) is 20.2. The summed E-state index contributed by atoms with van der Waals surface area (Å²) in [6.45, 7) is 6.65. The van der Waals surface area contributed by atoms with Crippen LogP contribution in [0.3, 0.4) is 0 Å². The Balaban J connectivity index is 1.33. The Hall–Kier alpha value is -3.72. The van der Waals surface area contributed by atoms with Crippen LogP contribution in [0.2, 0.25) is 0 Å². The largest absolute Gasteiger partial charge is 0.354 e. The molecule has 4 heterocycles. The van der Waals surface area contributed by atoms with Gasteiger partial charge >= 0.3 is 0 Å². The third-order valence-corrected chi connectivity index (χ3v) is 6.46. The van der Waals surface area contributed by atoms with E-state index in [0.717, 1.165) is 32.5 Å². The first-order chi connectivity index (χ1) is 15.5. The highest BCUT2D eigenvalue weighted by atomic mass is 32.1. The molecule has 0 saturated heterocycles. The zero-order valence-corrected chi connectivity index (χ0v) is 18.4. The molecule has 1 amide bonds. The molecule has 5 aromatic rings. The second-order valence-corrected chi connectivity index (χ2v) is 8.90. The Labute approximate surface area is 187 Å². The van der Waals surface area contributed by atoms with Crippen LogP contribution in [0, 0.1) is 6.92 Å². The quantitative estimate of drug-likeness (QED) is 0.375. The fraction of sp³-hybridized carbons (Fsp3) is 0.217. The molecule has 162 valence electrons. The second kappa shape index (κ2) is 8.08. The van der Waals surface area contributed by atoms with Crippen LogP contribution >= 0.6 is 11.3 Å². The molecule has 0 atom stereocenters. The number of H-pyrrole nitrogens is 1. The van der Waals surface area contributed by atoms with Gasteiger partial charge in [0.15, 0.2) is 0 Å². The number of hydrogen-bond acceptors (Lipinski definition) is 5. The fourth-order valence-electron chi connectivity index (χ4n) is 3.99. The summed E-state index contributed by atoms with van der Waals surface area (Å²) < 4.78 is 4.20. The zero-order valence-electron chi connectivity index (χ0n) is 17.6. The standard InChI is InChI=1S/C23H22N6O2S/c1-3-10-28-18-11-14(2)32-22(18)15-12-25-29(23(31)21(15)28)13-20(30)24-9-8-19-26-16-6-4-5-7-17(16)27-19/h3-7,11-12H,1,8-10,13H2,2H3,(H,24,30)(H,26,27). The molecule has 0 unspecified atom stereocenters. The van der Waals surface area contributed by atoms with Crippen molar-refractivity contribution in [2.24, 2.45) is 0 Å². The molecule has 8 nitrogen and oxygen atoms in total. The lowest BCUT2D eigenvalue weighted by atomic mass is 10.3. The smallest absolute Gasteiger partial charge is 0.291 e. The molecule has 9 heteroatoms. The van der Waals surface area contributed by atoms with Gasteiger partial charge in [-0.3, -0.25) is 9.59 Å². The van der Waals surface area contributed by atoms with Crippen LogP contribution in [0.25, 0.3) is 32.2 Å². The first-order valence-electron chi connectivity index (χ1n) is 10.3. The van der Waals surface area contributed by atoms with Crippen LogP contribution in [0.15, 0.2) is 54.0 Å². The summed E-state index contributed by atoms with van der Waals surface area (Å²) in [4.78, 5) is 34.6. The molecule has 5 rings (SSSR count). The molecule has 0 spiro atoms. The number of imidazole rings is 1.